The van der Waals surface area contributed by atoms with Gasteiger partial charge in [0.25, 0.3) is 0 Å². The van der Waals surface area contributed by atoms with Crippen molar-refractivity contribution in [1.29, 1.82) is 0 Å². The van der Waals surface area contributed by atoms with Crippen LogP contribution < -0.4 is 5.32 Å². The van der Waals surface area contributed by atoms with Gasteiger partial charge in [0.15, 0.2) is 0 Å². The van der Waals surface area contributed by atoms with Gasteiger partial charge in [0, 0.05) is 30.2 Å². The van der Waals surface area contributed by atoms with E-state index in [1.165, 1.54) is 0 Å². The van der Waals surface area contributed by atoms with E-state index in [1.807, 2.05) is 25.1 Å². The molecule has 0 radical (unpaired) electrons. The molecule has 0 aliphatic carbocycles. The highest BCUT2D eigenvalue weighted by Crippen LogP contribution is 2.25. The minimum Gasteiger partial charge on any atom is -0.387 e. The Kier molecular flexibility index (Phi) is 6.68. The van der Waals surface area contributed by atoms with Crippen LogP contribution in [0.5, 0.6) is 0 Å². The van der Waals surface area contributed by atoms with Crippen LogP contribution in [0.2, 0.25) is 5.02 Å². The number of aliphatic hydroxyl groups excluding tert-OH is 1. The van der Waals surface area contributed by atoms with Crippen LogP contribution in [0.1, 0.15) is 37.9 Å². The van der Waals surface area contributed by atoms with Gasteiger partial charge in [-0.05, 0) is 31.9 Å². The zero-order chi connectivity index (χ0) is 15.9. The molecule has 1 amide bonds. The second-order valence-corrected chi connectivity index (χ2v) is 6.33. The van der Waals surface area contributed by atoms with E-state index in [-0.39, 0.29) is 11.8 Å². The summed E-state index contributed by atoms with van der Waals surface area (Å²) in [6.07, 6.45) is 2.24. The number of halogens is 1. The van der Waals surface area contributed by atoms with Gasteiger partial charge in [0.1, 0.15) is 0 Å². The third-order valence-corrected chi connectivity index (χ3v) is 4.47. The van der Waals surface area contributed by atoms with Crippen molar-refractivity contribution in [1.82, 2.24) is 10.2 Å². The van der Waals surface area contributed by atoms with E-state index >= 15 is 0 Å². The third kappa shape index (κ3) is 4.70. The fourth-order valence-corrected chi connectivity index (χ4v) is 3.18. The first-order valence-corrected chi connectivity index (χ1v) is 8.42. The SMILES string of the molecule is CCCNC(=O)C1CCCN(CC(O)c2ccccc2Cl)C1. The van der Waals surface area contributed by atoms with Gasteiger partial charge in [-0.25, -0.2) is 0 Å². The summed E-state index contributed by atoms with van der Waals surface area (Å²) in [5.41, 5.74) is 0.752. The van der Waals surface area contributed by atoms with Crippen molar-refractivity contribution in [3.8, 4) is 0 Å². The van der Waals surface area contributed by atoms with Crippen LogP contribution in [0.25, 0.3) is 0 Å². The molecule has 22 heavy (non-hydrogen) atoms. The lowest BCUT2D eigenvalue weighted by Crippen LogP contribution is -2.44. The Bertz CT molecular complexity index is 495. The summed E-state index contributed by atoms with van der Waals surface area (Å²) in [5, 5.41) is 13.9. The predicted octanol–water partition coefficient (Wildman–Crippen LogP) is 2.61. The van der Waals surface area contributed by atoms with Crippen LogP contribution >= 0.6 is 11.6 Å². The molecule has 0 aromatic heterocycles. The summed E-state index contributed by atoms with van der Waals surface area (Å²) < 4.78 is 0. The van der Waals surface area contributed by atoms with Crippen molar-refractivity contribution in [2.75, 3.05) is 26.2 Å². The molecule has 0 spiro atoms. The second-order valence-electron chi connectivity index (χ2n) is 5.93. The van der Waals surface area contributed by atoms with E-state index in [0.717, 1.165) is 37.9 Å². The Hall–Kier alpha value is -1.10. The zero-order valence-corrected chi connectivity index (χ0v) is 13.9. The second kappa shape index (κ2) is 8.51. The molecular formula is C17H25ClN2O2. The molecule has 122 valence electrons. The number of nitrogens with zero attached hydrogens (tertiary/aromatic N) is 1. The molecule has 0 bridgehead atoms. The van der Waals surface area contributed by atoms with Crippen LogP contribution in [0.4, 0.5) is 0 Å². The Morgan fingerprint density at radius 1 is 1.50 bits per heavy atom. The van der Waals surface area contributed by atoms with Gasteiger partial charge in [-0.1, -0.05) is 36.7 Å². The first-order valence-electron chi connectivity index (χ1n) is 8.04. The number of hydrogen-bond donors (Lipinski definition) is 2. The van der Waals surface area contributed by atoms with Crippen molar-refractivity contribution in [2.24, 2.45) is 5.92 Å². The van der Waals surface area contributed by atoms with Gasteiger partial charge >= 0.3 is 0 Å². The number of hydrogen-bond acceptors (Lipinski definition) is 3. The first-order chi connectivity index (χ1) is 10.6. The molecule has 1 saturated heterocycles. The monoisotopic (exact) mass is 324 g/mol. The van der Waals surface area contributed by atoms with Crippen molar-refractivity contribution in [3.63, 3.8) is 0 Å². The number of carbonyl (C=O) groups excluding carboxylic acids is 1. The summed E-state index contributed by atoms with van der Waals surface area (Å²) in [5.74, 6) is 0.164. The highest BCUT2D eigenvalue weighted by atomic mass is 35.5. The maximum absolute atomic E-state index is 12.1. The fraction of sp³-hybridized carbons (Fsp3) is 0.588. The van der Waals surface area contributed by atoms with Crippen LogP contribution in [-0.4, -0.2) is 42.1 Å². The summed E-state index contributed by atoms with van der Waals surface area (Å²) >= 11 is 6.13. The summed E-state index contributed by atoms with van der Waals surface area (Å²) in [6.45, 7) is 4.92. The standard InChI is InChI=1S/C17H25ClN2O2/c1-2-9-19-17(22)13-6-5-10-20(11-13)12-16(21)14-7-3-4-8-15(14)18/h3-4,7-8,13,16,21H,2,5-6,9-12H2,1H3,(H,19,22). The van der Waals surface area contributed by atoms with Gasteiger partial charge in [-0.3, -0.25) is 9.69 Å². The Balaban J connectivity index is 1.90. The largest absolute Gasteiger partial charge is 0.387 e. The molecule has 2 N–H and O–H groups in total. The number of piperidine rings is 1. The highest BCUT2D eigenvalue weighted by molar-refractivity contribution is 6.31. The summed E-state index contributed by atoms with van der Waals surface area (Å²) in [6, 6.07) is 7.37. The molecule has 1 aliphatic rings. The highest BCUT2D eigenvalue weighted by Gasteiger charge is 2.27. The van der Waals surface area contributed by atoms with Crippen LogP contribution in [0.3, 0.4) is 0 Å². The van der Waals surface area contributed by atoms with Crippen LogP contribution in [0.15, 0.2) is 24.3 Å². The molecule has 4 nitrogen and oxygen atoms in total. The Morgan fingerprint density at radius 3 is 3.00 bits per heavy atom. The molecule has 1 heterocycles. The summed E-state index contributed by atoms with van der Waals surface area (Å²) in [7, 11) is 0. The lowest BCUT2D eigenvalue weighted by atomic mass is 9.96. The van der Waals surface area contributed by atoms with E-state index in [0.29, 0.717) is 18.1 Å². The van der Waals surface area contributed by atoms with E-state index in [9.17, 15) is 9.90 Å². The number of benzene rings is 1. The molecule has 1 aromatic carbocycles. The topological polar surface area (TPSA) is 52.6 Å². The van der Waals surface area contributed by atoms with E-state index in [1.54, 1.807) is 6.07 Å². The Morgan fingerprint density at radius 2 is 2.27 bits per heavy atom. The minimum atomic E-state index is -0.619. The molecule has 2 rings (SSSR count). The average molecular weight is 325 g/mol. The lowest BCUT2D eigenvalue weighted by Gasteiger charge is -2.33. The maximum atomic E-state index is 12.1. The lowest BCUT2D eigenvalue weighted by molar-refractivity contribution is -0.126. The van der Waals surface area contributed by atoms with E-state index in [4.69, 9.17) is 11.6 Å². The smallest absolute Gasteiger partial charge is 0.224 e. The molecule has 2 atom stereocenters. The number of amides is 1. The quantitative estimate of drug-likeness (QED) is 0.845. The maximum Gasteiger partial charge on any atom is 0.224 e. The van der Waals surface area contributed by atoms with Crippen molar-refractivity contribution >= 4 is 17.5 Å². The average Bonchev–Trinajstić information content (AvgIpc) is 2.53. The van der Waals surface area contributed by atoms with Crippen molar-refractivity contribution in [2.45, 2.75) is 32.3 Å². The number of carbonyl (C=O) groups is 1. The van der Waals surface area contributed by atoms with Gasteiger partial charge in [-0.2, -0.15) is 0 Å². The molecule has 1 aliphatic heterocycles. The Labute approximate surface area is 137 Å². The van der Waals surface area contributed by atoms with Crippen molar-refractivity contribution in [3.05, 3.63) is 34.9 Å². The molecule has 1 aromatic rings. The molecular weight excluding hydrogens is 300 g/mol. The normalized spacial score (nSPS) is 20.6. The van der Waals surface area contributed by atoms with Crippen molar-refractivity contribution < 1.29 is 9.90 Å². The zero-order valence-electron chi connectivity index (χ0n) is 13.1. The molecule has 5 heteroatoms. The van der Waals surface area contributed by atoms with Crippen LogP contribution in [0, 0.1) is 5.92 Å². The number of rotatable bonds is 6. The molecule has 2 unspecified atom stereocenters. The summed E-state index contributed by atoms with van der Waals surface area (Å²) in [4.78, 5) is 14.3. The number of aliphatic hydroxyl groups is 1. The first kappa shape index (κ1) is 17.3. The minimum absolute atomic E-state index is 0.0266. The van der Waals surface area contributed by atoms with Crippen LogP contribution in [-0.2, 0) is 4.79 Å². The van der Waals surface area contributed by atoms with Gasteiger partial charge in [-0.15, -0.1) is 0 Å². The predicted molar refractivity (Wildman–Crippen MR) is 88.9 cm³/mol. The molecule has 1 fully saturated rings. The van der Waals surface area contributed by atoms with Gasteiger partial charge in [0.2, 0.25) is 5.91 Å². The fourth-order valence-electron chi connectivity index (χ4n) is 2.92. The van der Waals surface area contributed by atoms with E-state index in [2.05, 4.69) is 10.2 Å². The van der Waals surface area contributed by atoms with Gasteiger partial charge < -0.3 is 10.4 Å². The third-order valence-electron chi connectivity index (χ3n) is 4.12. The van der Waals surface area contributed by atoms with Gasteiger partial charge in [0.05, 0.1) is 12.0 Å². The number of β-amino-alcohol motifs (C(OH)–C–C–N with tert-alkyl or cyclic N) is 1. The van der Waals surface area contributed by atoms with E-state index < -0.39 is 6.10 Å². The molecule has 0 saturated carbocycles. The number of likely N-dealkylation sites (tertiary alicyclic amines) is 1. The number of nitrogens with one attached hydrogen (secondary N) is 1.